The van der Waals surface area contributed by atoms with E-state index in [0.717, 1.165) is 10.5 Å². The number of hydrogen-bond donors (Lipinski definition) is 2. The number of hydrazine groups is 1. The molecular formula is C47H35Cl2F3N4O7. The monoisotopic (exact) mass is 894 g/mol. The normalized spacial score (nSPS) is 24.2. The molecule has 3 fully saturated rings. The molecule has 0 radical (unpaired) electrons. The summed E-state index contributed by atoms with van der Waals surface area (Å²) >= 11 is 12.7. The zero-order valence-electron chi connectivity index (χ0n) is 33.1. The number of aromatic hydroxyl groups is 1. The van der Waals surface area contributed by atoms with Crippen molar-refractivity contribution in [2.75, 3.05) is 10.3 Å². The van der Waals surface area contributed by atoms with Crippen LogP contribution in [0.3, 0.4) is 0 Å². The molecule has 4 amide bonds. The number of nitrogens with one attached hydrogen (secondary N) is 1. The summed E-state index contributed by atoms with van der Waals surface area (Å²) in [5.74, 6) is -8.38. The van der Waals surface area contributed by atoms with Crippen molar-refractivity contribution in [2.45, 2.75) is 43.9 Å². The highest BCUT2D eigenvalue weighted by Crippen LogP contribution is 2.65. The molecule has 2 aliphatic carbocycles. The third-order valence-electron chi connectivity index (χ3n) is 12.7. The van der Waals surface area contributed by atoms with Crippen LogP contribution in [-0.2, 0) is 37.4 Å². The lowest BCUT2D eigenvalue weighted by Gasteiger charge is -2.50. The molecule has 0 bridgehead atoms. The average molecular weight is 896 g/mol. The van der Waals surface area contributed by atoms with Gasteiger partial charge in [0.2, 0.25) is 11.8 Å². The van der Waals surface area contributed by atoms with Crippen molar-refractivity contribution in [2.24, 2.45) is 23.7 Å². The number of carbonyl (C=O) groups is 5. The lowest BCUT2D eigenvalue weighted by atomic mass is 9.49. The highest BCUT2D eigenvalue weighted by molar-refractivity contribution is 6.33. The van der Waals surface area contributed by atoms with Crippen molar-refractivity contribution in [1.82, 2.24) is 9.99 Å². The number of pyridine rings is 1. The van der Waals surface area contributed by atoms with Crippen LogP contribution < -0.4 is 15.1 Å². The van der Waals surface area contributed by atoms with Gasteiger partial charge in [-0.1, -0.05) is 83.4 Å². The van der Waals surface area contributed by atoms with E-state index in [2.05, 4.69) is 10.4 Å². The van der Waals surface area contributed by atoms with E-state index in [9.17, 15) is 32.7 Å². The highest BCUT2D eigenvalue weighted by Gasteiger charge is 2.70. The van der Waals surface area contributed by atoms with E-state index >= 15 is 9.59 Å². The second-order valence-electron chi connectivity index (χ2n) is 16.0. The van der Waals surface area contributed by atoms with Crippen LogP contribution in [0.15, 0.2) is 121 Å². The zero-order chi connectivity index (χ0) is 44.5. The molecule has 16 heteroatoms. The van der Waals surface area contributed by atoms with Gasteiger partial charge in [0.15, 0.2) is 11.6 Å². The number of halogens is 5. The third kappa shape index (κ3) is 6.92. The number of phenols is 1. The van der Waals surface area contributed by atoms with Gasteiger partial charge in [0.25, 0.3) is 11.8 Å². The van der Waals surface area contributed by atoms with Gasteiger partial charge < -0.3 is 9.84 Å². The maximum Gasteiger partial charge on any atom is 0.417 e. The fraction of sp³-hybridized carbons (Fsp3) is 0.234. The van der Waals surface area contributed by atoms with Gasteiger partial charge in [0.1, 0.15) is 18.1 Å². The number of ether oxygens (including phenoxy) is 1. The first-order valence-electron chi connectivity index (χ1n) is 19.9. The largest absolute Gasteiger partial charge is 0.508 e. The summed E-state index contributed by atoms with van der Waals surface area (Å²) in [4.78, 5) is 76.4. The summed E-state index contributed by atoms with van der Waals surface area (Å²) < 4.78 is 46.8. The fourth-order valence-electron chi connectivity index (χ4n) is 9.83. The smallest absolute Gasteiger partial charge is 0.417 e. The zero-order valence-corrected chi connectivity index (χ0v) is 34.6. The topological polar surface area (TPSA) is 146 Å². The molecule has 4 aliphatic rings. The minimum absolute atomic E-state index is 0.0786. The second kappa shape index (κ2) is 15.7. The van der Waals surface area contributed by atoms with Gasteiger partial charge in [-0.2, -0.15) is 18.2 Å². The van der Waals surface area contributed by atoms with Crippen LogP contribution in [0.25, 0.3) is 0 Å². The number of imide groups is 2. The molecule has 3 heterocycles. The van der Waals surface area contributed by atoms with Crippen molar-refractivity contribution in [3.63, 3.8) is 0 Å². The van der Waals surface area contributed by atoms with Crippen molar-refractivity contribution < 1.29 is 47.0 Å². The Kier molecular flexibility index (Phi) is 10.4. The van der Waals surface area contributed by atoms with Crippen LogP contribution in [0, 0.1) is 23.7 Å². The molecule has 11 nitrogen and oxygen atoms in total. The number of allylic oxidation sites excluding steroid dienone is 2. The van der Waals surface area contributed by atoms with Gasteiger partial charge in [0.05, 0.1) is 39.4 Å². The molecule has 0 spiro atoms. The molecule has 2 aliphatic heterocycles. The predicted octanol–water partition coefficient (Wildman–Crippen LogP) is 9.08. The summed E-state index contributed by atoms with van der Waals surface area (Å²) in [6.07, 6.45) is -2.51. The number of Topliss-reactive ketones (excluding diaryl/α,β-unsaturated/α-hetero) is 1. The standard InChI is InChI=1S/C47H35Cl2F3N4O7/c1-24(57)26-7-13-30(14-8-26)55-42(59)34-18-17-32-35(39(34)44(55)61)21-36-43(60)56(54-41-37(49)19-28(22-53-41)47(50,51)52)45(62)46(36,27-9-11-29(48)12-10-27)40(32)33-16-15-31(20-38(33)58)63-23-25-5-3-2-4-6-25/h2-17,19-20,22,34-36,39-40,58H,18,21,23H2,1H3,(H,53,54). The van der Waals surface area contributed by atoms with Crippen molar-refractivity contribution in [3.05, 3.63) is 159 Å². The summed E-state index contributed by atoms with van der Waals surface area (Å²) in [6.45, 7) is 1.57. The Morgan fingerprint density at radius 1 is 0.905 bits per heavy atom. The number of rotatable bonds is 9. The van der Waals surface area contributed by atoms with E-state index in [-0.39, 0.29) is 42.2 Å². The van der Waals surface area contributed by atoms with E-state index < -0.39 is 81.2 Å². The lowest BCUT2D eigenvalue weighted by Crippen LogP contribution is -2.53. The molecule has 1 saturated carbocycles. The molecule has 4 aromatic carbocycles. The van der Waals surface area contributed by atoms with Crippen LogP contribution in [0.4, 0.5) is 24.7 Å². The molecule has 9 rings (SSSR count). The molecule has 320 valence electrons. The number of amides is 4. The van der Waals surface area contributed by atoms with E-state index in [1.165, 1.54) is 37.3 Å². The van der Waals surface area contributed by atoms with Gasteiger partial charge in [-0.15, -0.1) is 0 Å². The molecule has 6 unspecified atom stereocenters. The van der Waals surface area contributed by atoms with Crippen LogP contribution in [0.1, 0.15) is 58.3 Å². The number of hydrogen-bond acceptors (Lipinski definition) is 9. The van der Waals surface area contributed by atoms with Gasteiger partial charge in [-0.3, -0.25) is 34.3 Å². The second-order valence-corrected chi connectivity index (χ2v) is 16.9. The van der Waals surface area contributed by atoms with Crippen LogP contribution in [0.5, 0.6) is 11.5 Å². The number of phenolic OH excluding ortho intramolecular Hbond substituents is 1. The minimum Gasteiger partial charge on any atom is -0.508 e. The number of fused-ring (bicyclic) bond motifs is 4. The number of aromatic nitrogens is 1. The van der Waals surface area contributed by atoms with Crippen LogP contribution >= 0.6 is 23.2 Å². The quantitative estimate of drug-likeness (QED) is 0.0841. The molecule has 63 heavy (non-hydrogen) atoms. The Morgan fingerprint density at radius 2 is 1.62 bits per heavy atom. The van der Waals surface area contributed by atoms with E-state index in [1.54, 1.807) is 42.5 Å². The average Bonchev–Trinajstić information content (AvgIpc) is 3.64. The third-order valence-corrected chi connectivity index (χ3v) is 13.2. The van der Waals surface area contributed by atoms with Crippen molar-refractivity contribution >= 4 is 64.1 Å². The Balaban J connectivity index is 1.19. The van der Waals surface area contributed by atoms with E-state index in [1.807, 2.05) is 30.3 Å². The van der Waals surface area contributed by atoms with Crippen LogP contribution in [0.2, 0.25) is 10.0 Å². The summed E-state index contributed by atoms with van der Waals surface area (Å²) in [5.41, 5.74) is 2.15. The number of anilines is 2. The van der Waals surface area contributed by atoms with Crippen LogP contribution in [-0.4, -0.2) is 44.5 Å². The van der Waals surface area contributed by atoms with E-state index in [4.69, 9.17) is 27.9 Å². The van der Waals surface area contributed by atoms with Gasteiger partial charge in [-0.25, -0.2) is 4.98 Å². The Bertz CT molecular complexity index is 2750. The Labute approximate surface area is 368 Å². The van der Waals surface area contributed by atoms with E-state index in [0.29, 0.717) is 44.7 Å². The summed E-state index contributed by atoms with van der Waals surface area (Å²) in [5, 5.41) is 12.5. The molecule has 2 saturated heterocycles. The molecule has 5 aromatic rings. The van der Waals surface area contributed by atoms with Crippen molar-refractivity contribution in [1.29, 1.82) is 0 Å². The first-order valence-corrected chi connectivity index (χ1v) is 20.7. The lowest BCUT2D eigenvalue weighted by molar-refractivity contribution is -0.139. The number of ketones is 1. The summed E-state index contributed by atoms with van der Waals surface area (Å²) in [6, 6.07) is 27.0. The highest BCUT2D eigenvalue weighted by atomic mass is 35.5. The maximum absolute atomic E-state index is 15.5. The number of alkyl halides is 3. The van der Waals surface area contributed by atoms with Crippen molar-refractivity contribution in [3.8, 4) is 11.5 Å². The Hall–Kier alpha value is -6.51. The molecular weight excluding hydrogens is 860 g/mol. The van der Waals surface area contributed by atoms with Gasteiger partial charge in [0, 0.05) is 34.3 Å². The van der Waals surface area contributed by atoms with Gasteiger partial charge in [-0.05, 0) is 85.3 Å². The SMILES string of the molecule is CC(=O)c1ccc(N2C(=O)C3CC=C4C(CC5C(=O)N(Nc6ncc(C(F)(F)F)cc6Cl)C(=O)C5(c5ccc(Cl)cc5)C4c4ccc(OCc5ccccc5)cc4O)C3C2=O)cc1. The van der Waals surface area contributed by atoms with Gasteiger partial charge >= 0.3 is 6.18 Å². The first kappa shape index (κ1) is 41.8. The fourth-order valence-corrected chi connectivity index (χ4v) is 10.2. The molecule has 6 atom stereocenters. The molecule has 2 N–H and O–H groups in total. The summed E-state index contributed by atoms with van der Waals surface area (Å²) in [7, 11) is 0. The molecule has 1 aromatic heterocycles. The first-order chi connectivity index (χ1) is 30.1. The number of benzene rings is 4. The Morgan fingerprint density at radius 3 is 2.27 bits per heavy atom. The number of carbonyl (C=O) groups excluding carboxylic acids is 5. The predicted molar refractivity (Wildman–Crippen MR) is 225 cm³/mol. The maximum atomic E-state index is 15.5. The minimum atomic E-state index is -4.78. The number of nitrogens with zero attached hydrogens (tertiary/aromatic N) is 3.